The van der Waals surface area contributed by atoms with E-state index in [9.17, 15) is 13.5 Å². The van der Waals surface area contributed by atoms with Crippen LogP contribution in [0.25, 0.3) is 0 Å². The highest BCUT2D eigenvalue weighted by atomic mass is 35.5. The molecule has 0 spiro atoms. The molecule has 7 nitrogen and oxygen atoms in total. The second kappa shape index (κ2) is 6.96. The summed E-state index contributed by atoms with van der Waals surface area (Å²) in [6.07, 6.45) is 0. The van der Waals surface area contributed by atoms with Gasteiger partial charge in [0.25, 0.3) is 0 Å². The van der Waals surface area contributed by atoms with Gasteiger partial charge in [-0.05, 0) is 42.8 Å². The lowest BCUT2D eigenvalue weighted by Crippen LogP contribution is -2.38. The predicted molar refractivity (Wildman–Crippen MR) is 95.3 cm³/mol. The minimum atomic E-state index is -3.87. The summed E-state index contributed by atoms with van der Waals surface area (Å²) in [5.41, 5.74) is -0.957. The van der Waals surface area contributed by atoms with Gasteiger partial charge in [-0.2, -0.15) is 0 Å². The van der Waals surface area contributed by atoms with Crippen LogP contribution in [0.3, 0.4) is 0 Å². The van der Waals surface area contributed by atoms with Crippen LogP contribution in [0.1, 0.15) is 12.5 Å². The molecular formula is C17H18ClNO6S. The van der Waals surface area contributed by atoms with Crippen molar-refractivity contribution in [2.24, 2.45) is 0 Å². The Hall–Kier alpha value is -2.00. The molecule has 0 saturated carbocycles. The first kappa shape index (κ1) is 18.8. The Morgan fingerprint density at radius 1 is 1.23 bits per heavy atom. The van der Waals surface area contributed by atoms with Crippen molar-refractivity contribution >= 4 is 21.6 Å². The fourth-order valence-corrected chi connectivity index (χ4v) is 3.95. The Morgan fingerprint density at radius 3 is 2.65 bits per heavy atom. The Kier molecular flexibility index (Phi) is 5.03. The molecule has 0 aliphatic carbocycles. The summed E-state index contributed by atoms with van der Waals surface area (Å²) in [5, 5.41) is 10.9. The molecule has 1 atom stereocenters. The number of methoxy groups -OCH3 is 1. The van der Waals surface area contributed by atoms with Crippen LogP contribution < -0.4 is 18.9 Å². The SMILES string of the molecule is COc1ccc(S(=O)(=O)NCC(C)(O)c2ccc3c(c2)OCO3)cc1Cl. The molecular weight excluding hydrogens is 382 g/mol. The third-order valence-electron chi connectivity index (χ3n) is 4.03. The zero-order valence-corrected chi connectivity index (χ0v) is 15.7. The fourth-order valence-electron chi connectivity index (χ4n) is 2.47. The number of fused-ring (bicyclic) bond motifs is 1. The highest BCUT2D eigenvalue weighted by Gasteiger charge is 2.28. The van der Waals surface area contributed by atoms with Crippen molar-refractivity contribution < 1.29 is 27.7 Å². The van der Waals surface area contributed by atoms with E-state index in [1.54, 1.807) is 18.2 Å². The van der Waals surface area contributed by atoms with Gasteiger partial charge < -0.3 is 19.3 Å². The van der Waals surface area contributed by atoms with E-state index >= 15 is 0 Å². The van der Waals surface area contributed by atoms with Gasteiger partial charge in [-0.25, -0.2) is 13.1 Å². The lowest BCUT2D eigenvalue weighted by molar-refractivity contribution is 0.0625. The second-order valence-corrected chi connectivity index (χ2v) is 8.14. The van der Waals surface area contributed by atoms with Crippen LogP contribution in [0.5, 0.6) is 17.2 Å². The lowest BCUT2D eigenvalue weighted by atomic mass is 9.96. The first-order valence-electron chi connectivity index (χ1n) is 7.69. The van der Waals surface area contributed by atoms with Crippen molar-refractivity contribution in [3.8, 4) is 17.2 Å². The Labute approximate surface area is 156 Å². The van der Waals surface area contributed by atoms with Gasteiger partial charge in [-0.15, -0.1) is 0 Å². The Morgan fingerprint density at radius 2 is 1.96 bits per heavy atom. The summed E-state index contributed by atoms with van der Waals surface area (Å²) in [6.45, 7) is 1.39. The van der Waals surface area contributed by atoms with Crippen LogP contribution >= 0.6 is 11.6 Å². The molecule has 0 bridgehead atoms. The molecule has 0 aromatic heterocycles. The molecule has 2 aromatic rings. The number of hydrogen-bond donors (Lipinski definition) is 2. The van der Waals surface area contributed by atoms with Gasteiger partial charge in [0.1, 0.15) is 11.4 Å². The van der Waals surface area contributed by atoms with Gasteiger partial charge in [-0.1, -0.05) is 17.7 Å². The minimum absolute atomic E-state index is 0.0233. The number of sulfonamides is 1. The van der Waals surface area contributed by atoms with Crippen LogP contribution in [0, 0.1) is 0 Å². The summed E-state index contributed by atoms with van der Waals surface area (Å²) in [5.74, 6) is 1.46. The zero-order chi connectivity index (χ0) is 18.9. The van der Waals surface area contributed by atoms with Crippen LogP contribution in [-0.2, 0) is 15.6 Å². The number of rotatable bonds is 6. The van der Waals surface area contributed by atoms with Gasteiger partial charge >= 0.3 is 0 Å². The standard InChI is InChI=1S/C17H18ClNO6S/c1-17(20,11-3-5-15-16(7-11)25-10-24-15)9-19-26(21,22)12-4-6-14(23-2)13(18)8-12/h3-8,19-20H,9-10H2,1-2H3. The van der Waals surface area contributed by atoms with E-state index in [2.05, 4.69) is 4.72 Å². The van der Waals surface area contributed by atoms with Crippen molar-refractivity contribution in [1.82, 2.24) is 4.72 Å². The van der Waals surface area contributed by atoms with Gasteiger partial charge in [-0.3, -0.25) is 0 Å². The molecule has 2 aromatic carbocycles. The number of halogens is 1. The number of ether oxygens (including phenoxy) is 3. The van der Waals surface area contributed by atoms with Gasteiger partial charge in [0.05, 0.1) is 17.0 Å². The van der Waals surface area contributed by atoms with E-state index in [4.69, 9.17) is 25.8 Å². The molecule has 1 heterocycles. The third-order valence-corrected chi connectivity index (χ3v) is 5.73. The third kappa shape index (κ3) is 3.73. The molecule has 0 amide bonds. The predicted octanol–water partition coefficient (Wildman–Crippen LogP) is 2.26. The first-order valence-corrected chi connectivity index (χ1v) is 9.55. The van der Waals surface area contributed by atoms with E-state index in [1.807, 2.05) is 0 Å². The van der Waals surface area contributed by atoms with Crippen molar-refractivity contribution in [3.63, 3.8) is 0 Å². The number of benzene rings is 2. The quantitative estimate of drug-likeness (QED) is 0.773. The topological polar surface area (TPSA) is 94.1 Å². The summed E-state index contributed by atoms with van der Waals surface area (Å²) in [4.78, 5) is -0.0233. The van der Waals surface area contributed by atoms with E-state index in [1.165, 1.54) is 32.2 Å². The highest BCUT2D eigenvalue weighted by Crippen LogP contribution is 2.35. The Balaban J connectivity index is 1.77. The number of nitrogens with one attached hydrogen (secondary N) is 1. The van der Waals surface area contributed by atoms with Crippen molar-refractivity contribution in [3.05, 3.63) is 47.0 Å². The fraction of sp³-hybridized carbons (Fsp3) is 0.294. The number of aliphatic hydroxyl groups is 1. The normalized spacial score (nSPS) is 15.5. The molecule has 1 aliphatic heterocycles. The monoisotopic (exact) mass is 399 g/mol. The van der Waals surface area contributed by atoms with E-state index in [-0.39, 0.29) is 23.3 Å². The average Bonchev–Trinajstić information content (AvgIpc) is 3.08. The van der Waals surface area contributed by atoms with Crippen molar-refractivity contribution in [2.45, 2.75) is 17.4 Å². The van der Waals surface area contributed by atoms with Crippen molar-refractivity contribution in [1.29, 1.82) is 0 Å². The molecule has 3 rings (SSSR count). The molecule has 0 saturated heterocycles. The lowest BCUT2D eigenvalue weighted by Gasteiger charge is -2.24. The summed E-state index contributed by atoms with van der Waals surface area (Å²) >= 11 is 5.98. The maximum Gasteiger partial charge on any atom is 0.240 e. The first-order chi connectivity index (χ1) is 12.2. The van der Waals surface area contributed by atoms with E-state index < -0.39 is 15.6 Å². The summed E-state index contributed by atoms with van der Waals surface area (Å²) < 4.78 is 42.9. The molecule has 1 aliphatic rings. The molecule has 0 radical (unpaired) electrons. The van der Waals surface area contributed by atoms with Gasteiger partial charge in [0, 0.05) is 6.54 Å². The molecule has 2 N–H and O–H groups in total. The smallest absolute Gasteiger partial charge is 0.240 e. The maximum absolute atomic E-state index is 12.5. The van der Waals surface area contributed by atoms with Crippen LogP contribution in [0.2, 0.25) is 5.02 Å². The zero-order valence-electron chi connectivity index (χ0n) is 14.2. The molecule has 9 heteroatoms. The minimum Gasteiger partial charge on any atom is -0.495 e. The summed E-state index contributed by atoms with van der Waals surface area (Å²) in [7, 11) is -2.43. The van der Waals surface area contributed by atoms with Crippen molar-refractivity contribution in [2.75, 3.05) is 20.4 Å². The van der Waals surface area contributed by atoms with Crippen LogP contribution in [-0.4, -0.2) is 34.0 Å². The van der Waals surface area contributed by atoms with Gasteiger partial charge in [0.2, 0.25) is 16.8 Å². The van der Waals surface area contributed by atoms with E-state index in [0.717, 1.165) is 0 Å². The summed E-state index contributed by atoms with van der Waals surface area (Å²) in [6, 6.07) is 9.09. The van der Waals surface area contributed by atoms with Crippen LogP contribution in [0.4, 0.5) is 0 Å². The molecule has 1 unspecified atom stereocenters. The van der Waals surface area contributed by atoms with Crippen LogP contribution in [0.15, 0.2) is 41.3 Å². The average molecular weight is 400 g/mol. The molecule has 140 valence electrons. The second-order valence-electron chi connectivity index (χ2n) is 5.96. The maximum atomic E-state index is 12.5. The molecule has 26 heavy (non-hydrogen) atoms. The molecule has 0 fully saturated rings. The largest absolute Gasteiger partial charge is 0.495 e. The van der Waals surface area contributed by atoms with Gasteiger partial charge in [0.15, 0.2) is 11.5 Å². The Bertz CT molecular complexity index is 929. The van der Waals surface area contributed by atoms with E-state index in [0.29, 0.717) is 22.8 Å². The number of hydrogen-bond acceptors (Lipinski definition) is 6. The highest BCUT2D eigenvalue weighted by molar-refractivity contribution is 7.89.